The van der Waals surface area contributed by atoms with Crippen LogP contribution in [-0.4, -0.2) is 0 Å². The van der Waals surface area contributed by atoms with Gasteiger partial charge in [-0.2, -0.15) is 0 Å². The standard InChI is InChI=1S/C11H10BrClO/c1-2-8-9-5-7(12)3-4-10(9)14-11(8)6-13/h3-5H,2,6H2,1H3. The summed E-state index contributed by atoms with van der Waals surface area (Å²) in [5, 5.41) is 1.16. The molecule has 0 fully saturated rings. The number of hydrogen-bond donors (Lipinski definition) is 0. The highest BCUT2D eigenvalue weighted by Crippen LogP contribution is 2.29. The topological polar surface area (TPSA) is 13.1 Å². The number of hydrogen-bond acceptors (Lipinski definition) is 1. The van der Waals surface area contributed by atoms with Crippen LogP contribution in [0, 0.1) is 0 Å². The van der Waals surface area contributed by atoms with Gasteiger partial charge in [0.2, 0.25) is 0 Å². The highest BCUT2D eigenvalue weighted by Gasteiger charge is 2.11. The van der Waals surface area contributed by atoms with E-state index in [2.05, 4.69) is 28.9 Å². The van der Waals surface area contributed by atoms with E-state index in [0.29, 0.717) is 5.88 Å². The Balaban J connectivity index is 2.74. The van der Waals surface area contributed by atoms with Crippen molar-refractivity contribution in [3.05, 3.63) is 34.0 Å². The molecule has 0 atom stereocenters. The molecule has 1 heterocycles. The van der Waals surface area contributed by atoms with Crippen molar-refractivity contribution in [1.29, 1.82) is 0 Å². The Bertz CT molecular complexity index is 462. The van der Waals surface area contributed by atoms with Crippen molar-refractivity contribution in [2.45, 2.75) is 19.2 Å². The van der Waals surface area contributed by atoms with Crippen molar-refractivity contribution in [2.24, 2.45) is 0 Å². The van der Waals surface area contributed by atoms with Gasteiger partial charge in [-0.15, -0.1) is 11.6 Å². The van der Waals surface area contributed by atoms with Crippen molar-refractivity contribution in [3.8, 4) is 0 Å². The van der Waals surface area contributed by atoms with Gasteiger partial charge >= 0.3 is 0 Å². The molecule has 1 aromatic carbocycles. The average Bonchev–Trinajstić information content (AvgIpc) is 2.54. The fourth-order valence-corrected chi connectivity index (χ4v) is 2.24. The molecular formula is C11H10BrClO. The SMILES string of the molecule is CCc1c(CCl)oc2ccc(Br)cc12. The lowest BCUT2D eigenvalue weighted by Crippen LogP contribution is -1.82. The zero-order valence-electron chi connectivity index (χ0n) is 7.81. The minimum absolute atomic E-state index is 0.440. The Hall–Kier alpha value is -0.470. The summed E-state index contributed by atoms with van der Waals surface area (Å²) in [6.45, 7) is 2.11. The van der Waals surface area contributed by atoms with Gasteiger partial charge in [0, 0.05) is 15.4 Å². The molecule has 0 spiro atoms. The maximum atomic E-state index is 5.82. The molecule has 74 valence electrons. The largest absolute Gasteiger partial charge is 0.460 e. The van der Waals surface area contributed by atoms with Crippen LogP contribution < -0.4 is 0 Å². The third kappa shape index (κ3) is 1.57. The number of alkyl halides is 1. The lowest BCUT2D eigenvalue weighted by atomic mass is 10.1. The monoisotopic (exact) mass is 272 g/mol. The van der Waals surface area contributed by atoms with Gasteiger partial charge in [-0.05, 0) is 24.6 Å². The molecule has 0 saturated carbocycles. The van der Waals surface area contributed by atoms with Gasteiger partial charge in [0.25, 0.3) is 0 Å². The Morgan fingerprint density at radius 1 is 1.43 bits per heavy atom. The molecule has 0 radical (unpaired) electrons. The first-order valence-corrected chi connectivity index (χ1v) is 5.84. The van der Waals surface area contributed by atoms with Crippen LogP contribution in [-0.2, 0) is 12.3 Å². The Labute approximate surface area is 96.2 Å². The van der Waals surface area contributed by atoms with E-state index >= 15 is 0 Å². The predicted octanol–water partition coefficient (Wildman–Crippen LogP) is 4.50. The number of benzene rings is 1. The Morgan fingerprint density at radius 3 is 2.86 bits per heavy atom. The summed E-state index contributed by atoms with van der Waals surface area (Å²) in [5.41, 5.74) is 2.14. The van der Waals surface area contributed by atoms with Gasteiger partial charge in [0.1, 0.15) is 11.3 Å². The van der Waals surface area contributed by atoms with Gasteiger partial charge in [-0.1, -0.05) is 22.9 Å². The predicted molar refractivity (Wildman–Crippen MR) is 62.8 cm³/mol. The second-order valence-electron chi connectivity index (χ2n) is 3.13. The van der Waals surface area contributed by atoms with Crippen molar-refractivity contribution in [2.75, 3.05) is 0 Å². The molecule has 0 unspecified atom stereocenters. The first kappa shape index (κ1) is 10.1. The zero-order chi connectivity index (χ0) is 10.1. The van der Waals surface area contributed by atoms with E-state index in [1.165, 1.54) is 5.56 Å². The summed E-state index contributed by atoms with van der Waals surface area (Å²) in [5.74, 6) is 1.33. The van der Waals surface area contributed by atoms with E-state index < -0.39 is 0 Å². The van der Waals surface area contributed by atoms with E-state index in [1.807, 2.05) is 12.1 Å². The van der Waals surface area contributed by atoms with Gasteiger partial charge in [-0.3, -0.25) is 0 Å². The zero-order valence-corrected chi connectivity index (χ0v) is 10.2. The van der Waals surface area contributed by atoms with Gasteiger partial charge < -0.3 is 4.42 Å². The third-order valence-corrected chi connectivity index (χ3v) is 3.05. The second kappa shape index (κ2) is 3.95. The normalized spacial score (nSPS) is 11.1. The smallest absolute Gasteiger partial charge is 0.134 e. The molecule has 0 aliphatic heterocycles. The fourth-order valence-electron chi connectivity index (χ4n) is 1.67. The highest BCUT2D eigenvalue weighted by atomic mass is 79.9. The van der Waals surface area contributed by atoms with Crippen molar-refractivity contribution >= 4 is 38.5 Å². The number of furan rings is 1. The first-order valence-electron chi connectivity index (χ1n) is 4.52. The van der Waals surface area contributed by atoms with Crippen molar-refractivity contribution in [1.82, 2.24) is 0 Å². The van der Waals surface area contributed by atoms with E-state index in [4.69, 9.17) is 16.0 Å². The van der Waals surface area contributed by atoms with Crippen LogP contribution in [0.4, 0.5) is 0 Å². The summed E-state index contributed by atoms with van der Waals surface area (Å²) < 4.78 is 6.71. The Kier molecular flexibility index (Phi) is 2.84. The van der Waals surface area contributed by atoms with Crippen LogP contribution in [0.3, 0.4) is 0 Å². The van der Waals surface area contributed by atoms with Crippen LogP contribution >= 0.6 is 27.5 Å². The molecule has 0 saturated heterocycles. The summed E-state index contributed by atoms with van der Waals surface area (Å²) in [6, 6.07) is 6.02. The quantitative estimate of drug-likeness (QED) is 0.735. The summed E-state index contributed by atoms with van der Waals surface area (Å²) in [6.07, 6.45) is 0.950. The van der Waals surface area contributed by atoms with Crippen molar-refractivity contribution in [3.63, 3.8) is 0 Å². The summed E-state index contributed by atoms with van der Waals surface area (Å²) >= 11 is 9.27. The lowest BCUT2D eigenvalue weighted by molar-refractivity contribution is 0.567. The molecule has 2 rings (SSSR count). The first-order chi connectivity index (χ1) is 6.76. The van der Waals surface area contributed by atoms with Gasteiger partial charge in [0.15, 0.2) is 0 Å². The molecule has 2 aromatic rings. The molecule has 0 amide bonds. The molecule has 0 bridgehead atoms. The summed E-state index contributed by atoms with van der Waals surface area (Å²) in [4.78, 5) is 0. The second-order valence-corrected chi connectivity index (χ2v) is 4.31. The van der Waals surface area contributed by atoms with E-state index in [-0.39, 0.29) is 0 Å². The Morgan fingerprint density at radius 2 is 2.21 bits per heavy atom. The maximum absolute atomic E-state index is 5.82. The van der Waals surface area contributed by atoms with Crippen molar-refractivity contribution < 1.29 is 4.42 Å². The van der Waals surface area contributed by atoms with E-state index in [1.54, 1.807) is 0 Å². The number of fused-ring (bicyclic) bond motifs is 1. The van der Waals surface area contributed by atoms with Crippen LogP contribution in [0.2, 0.25) is 0 Å². The van der Waals surface area contributed by atoms with Gasteiger partial charge in [-0.25, -0.2) is 0 Å². The van der Waals surface area contributed by atoms with E-state index in [9.17, 15) is 0 Å². The molecule has 0 aliphatic rings. The van der Waals surface area contributed by atoms with Crippen LogP contribution in [0.1, 0.15) is 18.2 Å². The molecule has 0 aliphatic carbocycles. The minimum atomic E-state index is 0.440. The molecular weight excluding hydrogens is 263 g/mol. The number of rotatable bonds is 2. The fraction of sp³-hybridized carbons (Fsp3) is 0.273. The van der Waals surface area contributed by atoms with Gasteiger partial charge in [0.05, 0.1) is 5.88 Å². The molecule has 1 aromatic heterocycles. The van der Waals surface area contributed by atoms with Crippen LogP contribution in [0.5, 0.6) is 0 Å². The molecule has 0 N–H and O–H groups in total. The van der Waals surface area contributed by atoms with Crippen LogP contribution in [0.25, 0.3) is 11.0 Å². The number of aryl methyl sites for hydroxylation is 1. The summed E-state index contributed by atoms with van der Waals surface area (Å²) in [7, 11) is 0. The van der Waals surface area contributed by atoms with E-state index in [0.717, 1.165) is 27.6 Å². The maximum Gasteiger partial charge on any atom is 0.134 e. The van der Waals surface area contributed by atoms with Crippen LogP contribution in [0.15, 0.2) is 27.1 Å². The average molecular weight is 274 g/mol. The lowest BCUT2D eigenvalue weighted by Gasteiger charge is -1.94. The minimum Gasteiger partial charge on any atom is -0.460 e. The molecule has 14 heavy (non-hydrogen) atoms. The third-order valence-electron chi connectivity index (χ3n) is 2.31. The highest BCUT2D eigenvalue weighted by molar-refractivity contribution is 9.10. The molecule has 3 heteroatoms. The number of halogens is 2. The molecule has 1 nitrogen and oxygen atoms in total.